The highest BCUT2D eigenvalue weighted by Crippen LogP contribution is 2.27. The van der Waals surface area contributed by atoms with Gasteiger partial charge in [0.05, 0.1) is 25.3 Å². The fourth-order valence-electron chi connectivity index (χ4n) is 3.20. The quantitative estimate of drug-likeness (QED) is 0.515. The molecule has 1 saturated heterocycles. The maximum atomic E-state index is 12.9. The zero-order valence-electron chi connectivity index (χ0n) is 16.5. The molecule has 0 bridgehead atoms. The highest BCUT2D eigenvalue weighted by molar-refractivity contribution is 7.89. The van der Waals surface area contributed by atoms with Crippen LogP contribution in [0.5, 0.6) is 11.5 Å². The second-order valence-electron chi connectivity index (χ2n) is 6.57. The largest absolute Gasteiger partial charge is 0.497 e. The number of ether oxygens (including phenoxy) is 2. The fourth-order valence-corrected chi connectivity index (χ4v) is 4.98. The number of methoxy groups -OCH3 is 2. The summed E-state index contributed by atoms with van der Waals surface area (Å²) in [5.74, 6) is 0.663. The lowest BCUT2D eigenvalue weighted by atomic mass is 10.2. The number of hydrogen-bond donors (Lipinski definition) is 1. The molecular weight excluding hydrogens is 430 g/mol. The third-order valence-electron chi connectivity index (χ3n) is 4.75. The van der Waals surface area contributed by atoms with E-state index in [9.17, 15) is 13.2 Å². The molecule has 1 fully saturated rings. The van der Waals surface area contributed by atoms with Gasteiger partial charge < -0.3 is 9.47 Å². The number of sulfonamides is 1. The highest BCUT2D eigenvalue weighted by atomic mass is 35.5. The number of benzene rings is 2. The molecular formula is C20H22ClN3O5S. The van der Waals surface area contributed by atoms with Crippen LogP contribution in [-0.2, 0) is 14.8 Å². The molecule has 0 unspecified atom stereocenters. The van der Waals surface area contributed by atoms with Gasteiger partial charge in [-0.2, -0.15) is 9.41 Å². The van der Waals surface area contributed by atoms with Crippen molar-refractivity contribution in [2.75, 3.05) is 20.8 Å². The van der Waals surface area contributed by atoms with E-state index in [0.717, 1.165) is 0 Å². The monoisotopic (exact) mass is 451 g/mol. The number of hydrogen-bond acceptors (Lipinski definition) is 6. The Labute approximate surface area is 180 Å². The van der Waals surface area contributed by atoms with Crippen molar-refractivity contribution >= 4 is 33.7 Å². The molecule has 8 nitrogen and oxygen atoms in total. The summed E-state index contributed by atoms with van der Waals surface area (Å²) in [6, 6.07) is 10.2. The van der Waals surface area contributed by atoms with Crippen LogP contribution in [0.3, 0.4) is 0 Å². The maximum absolute atomic E-state index is 12.9. The van der Waals surface area contributed by atoms with E-state index in [4.69, 9.17) is 21.1 Å². The van der Waals surface area contributed by atoms with E-state index < -0.39 is 22.0 Å². The summed E-state index contributed by atoms with van der Waals surface area (Å²) in [6.07, 6.45) is 2.43. The van der Waals surface area contributed by atoms with Gasteiger partial charge in [-0.3, -0.25) is 4.79 Å². The van der Waals surface area contributed by atoms with Gasteiger partial charge in [0, 0.05) is 23.2 Å². The Morgan fingerprint density at radius 3 is 2.60 bits per heavy atom. The van der Waals surface area contributed by atoms with Gasteiger partial charge in [-0.05, 0) is 49.2 Å². The molecule has 1 heterocycles. The van der Waals surface area contributed by atoms with Crippen molar-refractivity contribution in [3.05, 3.63) is 53.1 Å². The summed E-state index contributed by atoms with van der Waals surface area (Å²) in [5, 5.41) is 4.40. The van der Waals surface area contributed by atoms with Gasteiger partial charge in [0.1, 0.15) is 17.5 Å². The Morgan fingerprint density at radius 1 is 1.20 bits per heavy atom. The van der Waals surface area contributed by atoms with Crippen molar-refractivity contribution in [1.82, 2.24) is 9.73 Å². The van der Waals surface area contributed by atoms with E-state index in [0.29, 0.717) is 34.9 Å². The zero-order valence-corrected chi connectivity index (χ0v) is 18.1. The highest BCUT2D eigenvalue weighted by Gasteiger charge is 2.39. The average Bonchev–Trinajstić information content (AvgIpc) is 3.25. The molecule has 2 aromatic carbocycles. The zero-order chi connectivity index (χ0) is 21.7. The van der Waals surface area contributed by atoms with E-state index in [2.05, 4.69) is 10.5 Å². The van der Waals surface area contributed by atoms with Crippen molar-refractivity contribution in [1.29, 1.82) is 0 Å². The molecule has 0 aliphatic carbocycles. The number of carbonyl (C=O) groups excluding carboxylic acids is 1. The lowest BCUT2D eigenvalue weighted by Gasteiger charge is -2.22. The molecule has 30 heavy (non-hydrogen) atoms. The van der Waals surface area contributed by atoms with Gasteiger partial charge in [0.25, 0.3) is 5.91 Å². The summed E-state index contributed by atoms with van der Waals surface area (Å²) in [7, 11) is -0.751. The Kier molecular flexibility index (Phi) is 6.96. The Hall–Kier alpha value is -2.62. The normalized spacial score (nSPS) is 17.2. The van der Waals surface area contributed by atoms with Crippen LogP contribution in [-0.4, -0.2) is 51.7 Å². The van der Waals surface area contributed by atoms with E-state index in [1.54, 1.807) is 25.3 Å². The standard InChI is InChI=1S/C20H22ClN3O5S/c1-28-16-8-5-14(19(12-16)29-2)13-22-23-20(25)18-4-3-11-24(18)30(26,27)17-9-6-15(21)7-10-17/h5-10,12-13,18H,3-4,11H2,1-2H3,(H,23,25)/b22-13-/t18-/m0/s1. The van der Waals surface area contributed by atoms with Crippen molar-refractivity contribution in [3.63, 3.8) is 0 Å². The first-order chi connectivity index (χ1) is 14.4. The molecule has 1 atom stereocenters. The number of nitrogens with one attached hydrogen (secondary N) is 1. The van der Waals surface area contributed by atoms with Crippen LogP contribution < -0.4 is 14.9 Å². The van der Waals surface area contributed by atoms with Crippen molar-refractivity contribution in [2.24, 2.45) is 5.10 Å². The van der Waals surface area contributed by atoms with Gasteiger partial charge in [0.15, 0.2) is 0 Å². The van der Waals surface area contributed by atoms with Crippen LogP contribution in [0.15, 0.2) is 52.5 Å². The molecule has 2 aromatic rings. The number of amides is 1. The topological polar surface area (TPSA) is 97.3 Å². The van der Waals surface area contributed by atoms with E-state index in [1.165, 1.54) is 41.9 Å². The minimum Gasteiger partial charge on any atom is -0.497 e. The molecule has 0 radical (unpaired) electrons. The van der Waals surface area contributed by atoms with Gasteiger partial charge >= 0.3 is 0 Å². The molecule has 1 amide bonds. The SMILES string of the molecule is COc1ccc(/C=N\NC(=O)[C@@H]2CCCN2S(=O)(=O)c2ccc(Cl)cc2)c(OC)c1. The molecule has 0 spiro atoms. The van der Waals surface area contributed by atoms with Crippen LogP contribution in [0.25, 0.3) is 0 Å². The minimum absolute atomic E-state index is 0.0954. The van der Waals surface area contributed by atoms with E-state index >= 15 is 0 Å². The average molecular weight is 452 g/mol. The summed E-state index contributed by atoms with van der Waals surface area (Å²) in [6.45, 7) is 0.263. The van der Waals surface area contributed by atoms with Crippen LogP contribution >= 0.6 is 11.6 Å². The van der Waals surface area contributed by atoms with Crippen LogP contribution in [0.4, 0.5) is 0 Å². The van der Waals surface area contributed by atoms with Crippen molar-refractivity contribution in [2.45, 2.75) is 23.8 Å². The number of hydrazone groups is 1. The van der Waals surface area contributed by atoms with Crippen molar-refractivity contribution in [3.8, 4) is 11.5 Å². The molecule has 160 valence electrons. The minimum atomic E-state index is -3.82. The number of rotatable bonds is 7. The molecule has 1 aliphatic rings. The predicted molar refractivity (Wildman–Crippen MR) is 114 cm³/mol. The number of halogens is 1. The van der Waals surface area contributed by atoms with Crippen LogP contribution in [0, 0.1) is 0 Å². The summed E-state index contributed by atoms with van der Waals surface area (Å²) in [5.41, 5.74) is 3.07. The predicted octanol–water partition coefficient (Wildman–Crippen LogP) is 2.66. The summed E-state index contributed by atoms with van der Waals surface area (Å²) < 4.78 is 37.5. The molecule has 1 N–H and O–H groups in total. The molecule has 0 aromatic heterocycles. The number of carbonyl (C=O) groups is 1. The fraction of sp³-hybridized carbons (Fsp3) is 0.300. The summed E-state index contributed by atoms with van der Waals surface area (Å²) in [4.78, 5) is 12.7. The van der Waals surface area contributed by atoms with Crippen molar-refractivity contribution < 1.29 is 22.7 Å². The molecule has 3 rings (SSSR count). The van der Waals surface area contributed by atoms with Gasteiger partial charge in [0.2, 0.25) is 10.0 Å². The first kappa shape index (κ1) is 22.1. The smallest absolute Gasteiger partial charge is 0.258 e. The maximum Gasteiger partial charge on any atom is 0.258 e. The van der Waals surface area contributed by atoms with Crippen LogP contribution in [0.2, 0.25) is 5.02 Å². The third kappa shape index (κ3) is 4.75. The second-order valence-corrected chi connectivity index (χ2v) is 8.90. The number of nitrogens with zero attached hydrogens (tertiary/aromatic N) is 2. The Balaban J connectivity index is 1.72. The molecule has 10 heteroatoms. The Bertz CT molecular complexity index is 1040. The molecule has 1 aliphatic heterocycles. The van der Waals surface area contributed by atoms with E-state index in [1.807, 2.05) is 0 Å². The van der Waals surface area contributed by atoms with Gasteiger partial charge in [-0.15, -0.1) is 0 Å². The lowest BCUT2D eigenvalue weighted by Crippen LogP contribution is -2.44. The van der Waals surface area contributed by atoms with Crippen LogP contribution in [0.1, 0.15) is 18.4 Å². The van der Waals surface area contributed by atoms with Gasteiger partial charge in [-0.1, -0.05) is 11.6 Å². The third-order valence-corrected chi connectivity index (χ3v) is 6.92. The van der Waals surface area contributed by atoms with E-state index in [-0.39, 0.29) is 11.4 Å². The summed E-state index contributed by atoms with van der Waals surface area (Å²) >= 11 is 5.84. The first-order valence-electron chi connectivity index (χ1n) is 9.19. The van der Waals surface area contributed by atoms with Gasteiger partial charge in [-0.25, -0.2) is 13.8 Å². The second kappa shape index (κ2) is 9.46. The Morgan fingerprint density at radius 2 is 1.93 bits per heavy atom. The first-order valence-corrected chi connectivity index (χ1v) is 11.0. The molecule has 0 saturated carbocycles. The lowest BCUT2D eigenvalue weighted by molar-refractivity contribution is -0.124.